The number of hydrogen-bond acceptors (Lipinski definition) is 4. The molecule has 0 radical (unpaired) electrons. The van der Waals surface area contributed by atoms with E-state index in [1.54, 1.807) is 19.2 Å². The number of rotatable bonds is 8. The first kappa shape index (κ1) is 18.1. The second-order valence-corrected chi connectivity index (χ2v) is 5.75. The summed E-state index contributed by atoms with van der Waals surface area (Å²) in [5, 5.41) is 3.00. The molecule has 5 heteroatoms. The van der Waals surface area contributed by atoms with Crippen LogP contribution in [0.25, 0.3) is 0 Å². The van der Waals surface area contributed by atoms with E-state index in [2.05, 4.69) is 19.2 Å². The van der Waals surface area contributed by atoms with Gasteiger partial charge in [0.05, 0.1) is 26.9 Å². The molecule has 1 N–H and O–H groups in total. The van der Waals surface area contributed by atoms with Crippen molar-refractivity contribution in [1.82, 2.24) is 5.32 Å². The average molecular weight is 309 g/mol. The Morgan fingerprint density at radius 1 is 0.955 bits per heavy atom. The third kappa shape index (κ3) is 4.83. The molecule has 0 spiro atoms. The molecule has 0 aliphatic carbocycles. The van der Waals surface area contributed by atoms with Crippen LogP contribution in [0.2, 0.25) is 0 Å². The van der Waals surface area contributed by atoms with E-state index in [9.17, 15) is 4.79 Å². The average Bonchev–Trinajstić information content (AvgIpc) is 2.51. The standard InChI is InChI=1S/C17H27NO4/c1-11(2)7-8-12(3)18-17(19)13-9-15(21-5)16(22-6)10-14(13)20-4/h9-12H,7-8H2,1-6H3,(H,18,19). The number of ether oxygens (including phenoxy) is 3. The van der Waals surface area contributed by atoms with Crippen LogP contribution in [0.3, 0.4) is 0 Å². The summed E-state index contributed by atoms with van der Waals surface area (Å²) < 4.78 is 15.8. The second kappa shape index (κ2) is 8.51. The van der Waals surface area contributed by atoms with E-state index >= 15 is 0 Å². The Labute approximate surface area is 132 Å². The highest BCUT2D eigenvalue weighted by Gasteiger charge is 2.19. The first-order valence-electron chi connectivity index (χ1n) is 7.53. The van der Waals surface area contributed by atoms with E-state index in [0.29, 0.717) is 28.7 Å². The molecule has 0 aliphatic heterocycles. The van der Waals surface area contributed by atoms with Crippen molar-refractivity contribution >= 4 is 5.91 Å². The van der Waals surface area contributed by atoms with Crippen molar-refractivity contribution in [1.29, 1.82) is 0 Å². The van der Waals surface area contributed by atoms with E-state index in [1.807, 2.05) is 6.92 Å². The molecule has 0 fully saturated rings. The van der Waals surface area contributed by atoms with Crippen LogP contribution < -0.4 is 19.5 Å². The van der Waals surface area contributed by atoms with Gasteiger partial charge in [0.1, 0.15) is 5.75 Å². The molecule has 0 heterocycles. The van der Waals surface area contributed by atoms with Crippen molar-refractivity contribution in [3.63, 3.8) is 0 Å². The van der Waals surface area contributed by atoms with Crippen molar-refractivity contribution in [2.75, 3.05) is 21.3 Å². The predicted octanol–water partition coefficient (Wildman–Crippen LogP) is 3.27. The van der Waals surface area contributed by atoms with Crippen molar-refractivity contribution in [2.24, 2.45) is 5.92 Å². The van der Waals surface area contributed by atoms with E-state index in [-0.39, 0.29) is 11.9 Å². The van der Waals surface area contributed by atoms with Crippen molar-refractivity contribution in [2.45, 2.75) is 39.7 Å². The van der Waals surface area contributed by atoms with E-state index < -0.39 is 0 Å². The van der Waals surface area contributed by atoms with Crippen LogP contribution in [-0.4, -0.2) is 33.3 Å². The van der Waals surface area contributed by atoms with Gasteiger partial charge < -0.3 is 19.5 Å². The summed E-state index contributed by atoms with van der Waals surface area (Å²) in [6, 6.07) is 3.40. The summed E-state index contributed by atoms with van der Waals surface area (Å²) in [7, 11) is 4.61. The zero-order chi connectivity index (χ0) is 16.7. The number of nitrogens with one attached hydrogen (secondary N) is 1. The van der Waals surface area contributed by atoms with Gasteiger partial charge in [0.15, 0.2) is 11.5 Å². The molecule has 22 heavy (non-hydrogen) atoms. The zero-order valence-electron chi connectivity index (χ0n) is 14.4. The molecule has 1 aromatic rings. The molecule has 1 aromatic carbocycles. The quantitative estimate of drug-likeness (QED) is 0.801. The molecule has 0 aromatic heterocycles. The summed E-state index contributed by atoms with van der Waals surface area (Å²) in [5.41, 5.74) is 0.441. The van der Waals surface area contributed by atoms with Crippen LogP contribution >= 0.6 is 0 Å². The van der Waals surface area contributed by atoms with Gasteiger partial charge >= 0.3 is 0 Å². The third-order valence-corrected chi connectivity index (χ3v) is 3.50. The summed E-state index contributed by atoms with van der Waals surface area (Å²) in [6.07, 6.45) is 2.02. The number of hydrogen-bond donors (Lipinski definition) is 1. The van der Waals surface area contributed by atoms with Crippen molar-refractivity contribution in [3.8, 4) is 17.2 Å². The van der Waals surface area contributed by atoms with Gasteiger partial charge in [-0.3, -0.25) is 4.79 Å². The van der Waals surface area contributed by atoms with E-state index in [4.69, 9.17) is 14.2 Å². The van der Waals surface area contributed by atoms with E-state index in [0.717, 1.165) is 12.8 Å². The maximum absolute atomic E-state index is 12.5. The smallest absolute Gasteiger partial charge is 0.255 e. The summed E-state index contributed by atoms with van der Waals surface area (Å²) in [6.45, 7) is 6.35. The molecular formula is C17H27NO4. The first-order valence-corrected chi connectivity index (χ1v) is 7.53. The number of benzene rings is 1. The number of methoxy groups -OCH3 is 3. The Morgan fingerprint density at radius 2 is 1.50 bits per heavy atom. The number of carbonyl (C=O) groups is 1. The zero-order valence-corrected chi connectivity index (χ0v) is 14.4. The number of carbonyl (C=O) groups excluding carboxylic acids is 1. The SMILES string of the molecule is COc1cc(OC)c(C(=O)NC(C)CCC(C)C)cc1OC. The monoisotopic (exact) mass is 309 g/mol. The van der Waals surface area contributed by atoms with Crippen LogP contribution in [0.15, 0.2) is 12.1 Å². The van der Waals surface area contributed by atoms with Gasteiger partial charge in [0.2, 0.25) is 0 Å². The van der Waals surface area contributed by atoms with Crippen molar-refractivity contribution < 1.29 is 19.0 Å². The fourth-order valence-corrected chi connectivity index (χ4v) is 2.16. The highest BCUT2D eigenvalue weighted by Crippen LogP contribution is 2.34. The molecule has 0 aliphatic rings. The Hall–Kier alpha value is -1.91. The molecule has 124 valence electrons. The summed E-state index contributed by atoms with van der Waals surface area (Å²) in [5.74, 6) is 1.95. The molecule has 1 amide bonds. The van der Waals surface area contributed by atoms with Gasteiger partial charge in [-0.05, 0) is 25.7 Å². The normalized spacial score (nSPS) is 12.0. The van der Waals surface area contributed by atoms with Gasteiger partial charge in [-0.1, -0.05) is 13.8 Å². The lowest BCUT2D eigenvalue weighted by Gasteiger charge is -2.17. The van der Waals surface area contributed by atoms with Crippen LogP contribution in [0, 0.1) is 5.92 Å². The Balaban J connectivity index is 2.92. The Kier molecular flexibility index (Phi) is 7.02. The minimum Gasteiger partial charge on any atom is -0.496 e. The highest BCUT2D eigenvalue weighted by molar-refractivity contribution is 5.98. The lowest BCUT2D eigenvalue weighted by atomic mass is 10.0. The summed E-state index contributed by atoms with van der Waals surface area (Å²) in [4.78, 5) is 12.5. The molecule has 0 saturated carbocycles. The van der Waals surface area contributed by atoms with Crippen molar-refractivity contribution in [3.05, 3.63) is 17.7 Å². The molecule has 1 atom stereocenters. The molecule has 5 nitrogen and oxygen atoms in total. The Bertz CT molecular complexity index is 500. The van der Waals surface area contributed by atoms with Gasteiger partial charge in [-0.15, -0.1) is 0 Å². The van der Waals surface area contributed by atoms with Crippen LogP contribution in [-0.2, 0) is 0 Å². The highest BCUT2D eigenvalue weighted by atomic mass is 16.5. The van der Waals surface area contributed by atoms with E-state index in [1.165, 1.54) is 14.2 Å². The molecule has 1 rings (SSSR count). The second-order valence-electron chi connectivity index (χ2n) is 5.75. The van der Waals surface area contributed by atoms with Crippen LogP contribution in [0.4, 0.5) is 0 Å². The van der Waals surface area contributed by atoms with Gasteiger partial charge in [-0.25, -0.2) is 0 Å². The minimum atomic E-state index is -0.172. The molecule has 0 bridgehead atoms. The largest absolute Gasteiger partial charge is 0.496 e. The molecule has 0 saturated heterocycles. The van der Waals surface area contributed by atoms with Crippen LogP contribution in [0.5, 0.6) is 17.2 Å². The minimum absolute atomic E-state index is 0.104. The topological polar surface area (TPSA) is 56.8 Å². The third-order valence-electron chi connectivity index (χ3n) is 3.50. The van der Waals surface area contributed by atoms with Gasteiger partial charge in [0, 0.05) is 18.2 Å². The first-order chi connectivity index (χ1) is 10.4. The van der Waals surface area contributed by atoms with Gasteiger partial charge in [0.25, 0.3) is 5.91 Å². The lowest BCUT2D eigenvalue weighted by Crippen LogP contribution is -2.33. The summed E-state index contributed by atoms with van der Waals surface area (Å²) >= 11 is 0. The van der Waals surface area contributed by atoms with Crippen LogP contribution in [0.1, 0.15) is 44.0 Å². The maximum atomic E-state index is 12.5. The predicted molar refractivity (Wildman–Crippen MR) is 87.1 cm³/mol. The molecule has 1 unspecified atom stereocenters. The number of amides is 1. The van der Waals surface area contributed by atoms with Gasteiger partial charge in [-0.2, -0.15) is 0 Å². The fourth-order valence-electron chi connectivity index (χ4n) is 2.16. The molecular weight excluding hydrogens is 282 g/mol. The Morgan fingerprint density at radius 3 is 2.00 bits per heavy atom. The maximum Gasteiger partial charge on any atom is 0.255 e. The lowest BCUT2D eigenvalue weighted by molar-refractivity contribution is 0.0933. The fraction of sp³-hybridized carbons (Fsp3) is 0.588.